The molecule has 1 nitrogen and oxygen atoms in total. The number of hydrogen-bond donors (Lipinski definition) is 1. The minimum absolute atomic E-state index is 0.748. The van der Waals surface area contributed by atoms with Crippen molar-refractivity contribution in [3.05, 3.63) is 20.3 Å². The Labute approximate surface area is 111 Å². The van der Waals surface area contributed by atoms with Crippen molar-refractivity contribution in [3.8, 4) is 0 Å². The molecule has 1 heterocycles. The molecule has 1 fully saturated rings. The average Bonchev–Trinajstić information content (AvgIpc) is 2.52. The second kappa shape index (κ2) is 5.19. The van der Waals surface area contributed by atoms with Crippen LogP contribution in [0.25, 0.3) is 0 Å². The van der Waals surface area contributed by atoms with Crippen molar-refractivity contribution >= 4 is 27.3 Å². The quantitative estimate of drug-likeness (QED) is 0.874. The predicted octanol–water partition coefficient (Wildman–Crippen LogP) is 4.31. The van der Waals surface area contributed by atoms with E-state index in [4.69, 9.17) is 0 Å². The van der Waals surface area contributed by atoms with Crippen molar-refractivity contribution in [1.82, 2.24) is 5.32 Å². The summed E-state index contributed by atoms with van der Waals surface area (Å²) in [6.07, 6.45) is 2.60. The number of halogens is 1. The molecule has 0 aliphatic heterocycles. The van der Waals surface area contributed by atoms with E-state index < -0.39 is 0 Å². The van der Waals surface area contributed by atoms with Gasteiger partial charge in [-0.25, -0.2) is 0 Å². The summed E-state index contributed by atoms with van der Waals surface area (Å²) in [6.45, 7) is 7.86. The van der Waals surface area contributed by atoms with Gasteiger partial charge in [0.05, 0.1) is 3.79 Å². The first-order valence-corrected chi connectivity index (χ1v) is 7.77. The molecule has 16 heavy (non-hydrogen) atoms. The fourth-order valence-electron chi connectivity index (χ4n) is 2.96. The fourth-order valence-corrected chi connectivity index (χ4v) is 4.74. The van der Waals surface area contributed by atoms with Crippen LogP contribution in [-0.2, 0) is 0 Å². The molecule has 0 aromatic carbocycles. The zero-order valence-corrected chi connectivity index (χ0v) is 12.6. The normalized spacial score (nSPS) is 29.1. The summed E-state index contributed by atoms with van der Waals surface area (Å²) in [5.74, 6) is 1.62. The Morgan fingerprint density at radius 3 is 2.75 bits per heavy atom. The van der Waals surface area contributed by atoms with Crippen LogP contribution in [0.5, 0.6) is 0 Å². The molecule has 1 aliphatic carbocycles. The van der Waals surface area contributed by atoms with E-state index in [2.05, 4.69) is 48.1 Å². The van der Waals surface area contributed by atoms with Crippen molar-refractivity contribution in [2.75, 3.05) is 6.54 Å². The summed E-state index contributed by atoms with van der Waals surface area (Å²) in [5.41, 5.74) is 1.58. The molecule has 1 N–H and O–H groups in total. The van der Waals surface area contributed by atoms with E-state index in [1.54, 1.807) is 5.56 Å². The number of thiophene rings is 1. The monoisotopic (exact) mass is 301 g/mol. The maximum absolute atomic E-state index is 3.60. The number of hydrogen-bond acceptors (Lipinski definition) is 2. The van der Waals surface area contributed by atoms with E-state index in [1.807, 2.05) is 11.3 Å². The van der Waals surface area contributed by atoms with Gasteiger partial charge in [-0.15, -0.1) is 11.3 Å². The van der Waals surface area contributed by atoms with E-state index in [0.29, 0.717) is 0 Å². The van der Waals surface area contributed by atoms with E-state index in [9.17, 15) is 0 Å². The van der Waals surface area contributed by atoms with Crippen LogP contribution in [0.2, 0.25) is 0 Å². The SMILES string of the molecule is CCNC1CC(c2cc(Br)sc2C)C1CC. The molecule has 0 radical (unpaired) electrons. The molecule has 0 saturated heterocycles. The Bertz CT molecular complexity index is 361. The average molecular weight is 302 g/mol. The molecule has 0 bridgehead atoms. The number of nitrogens with one attached hydrogen (secondary N) is 1. The van der Waals surface area contributed by atoms with Gasteiger partial charge in [-0.2, -0.15) is 0 Å². The van der Waals surface area contributed by atoms with Gasteiger partial charge in [0.2, 0.25) is 0 Å². The summed E-state index contributed by atoms with van der Waals surface area (Å²) < 4.78 is 1.28. The lowest BCUT2D eigenvalue weighted by molar-refractivity contribution is 0.162. The van der Waals surface area contributed by atoms with Crippen LogP contribution in [0.1, 0.15) is 43.0 Å². The molecule has 0 spiro atoms. The van der Waals surface area contributed by atoms with Gasteiger partial charge in [-0.1, -0.05) is 20.3 Å². The molecule has 1 aromatic heterocycles. The van der Waals surface area contributed by atoms with Crippen LogP contribution in [-0.4, -0.2) is 12.6 Å². The Balaban J connectivity index is 2.09. The van der Waals surface area contributed by atoms with Crippen LogP contribution in [0.3, 0.4) is 0 Å². The van der Waals surface area contributed by atoms with Gasteiger partial charge >= 0.3 is 0 Å². The van der Waals surface area contributed by atoms with Crippen LogP contribution in [0.15, 0.2) is 9.85 Å². The Hall–Kier alpha value is 0.140. The standard InChI is InChI=1S/C13H20BrNS/c1-4-9-11(6-12(9)15-5-2)10-7-13(14)16-8(10)3/h7,9,11-12,15H,4-6H2,1-3H3. The van der Waals surface area contributed by atoms with Crippen LogP contribution < -0.4 is 5.32 Å². The molecule has 1 aliphatic rings. The predicted molar refractivity (Wildman–Crippen MR) is 75.4 cm³/mol. The highest BCUT2D eigenvalue weighted by atomic mass is 79.9. The second-order valence-electron chi connectivity index (χ2n) is 4.64. The van der Waals surface area contributed by atoms with Gasteiger partial charge in [-0.3, -0.25) is 0 Å². The summed E-state index contributed by atoms with van der Waals surface area (Å²) in [7, 11) is 0. The molecule has 90 valence electrons. The molecular formula is C13H20BrNS. The first-order chi connectivity index (χ1) is 7.67. The summed E-state index contributed by atoms with van der Waals surface area (Å²) >= 11 is 5.47. The van der Waals surface area contributed by atoms with Gasteiger partial charge in [-0.05, 0) is 59.3 Å². The first-order valence-electron chi connectivity index (χ1n) is 6.16. The topological polar surface area (TPSA) is 12.0 Å². The highest BCUT2D eigenvalue weighted by Gasteiger charge is 2.40. The Morgan fingerprint density at radius 2 is 2.25 bits per heavy atom. The molecule has 1 aromatic rings. The lowest BCUT2D eigenvalue weighted by Crippen LogP contribution is -2.48. The lowest BCUT2D eigenvalue weighted by Gasteiger charge is -2.45. The smallest absolute Gasteiger partial charge is 0.0704 e. The maximum atomic E-state index is 3.60. The van der Waals surface area contributed by atoms with Gasteiger partial charge in [0, 0.05) is 10.9 Å². The zero-order valence-electron chi connectivity index (χ0n) is 10.2. The molecule has 3 heteroatoms. The third kappa shape index (κ3) is 2.22. The largest absolute Gasteiger partial charge is 0.314 e. The summed E-state index contributed by atoms with van der Waals surface area (Å²) in [4.78, 5) is 1.49. The third-order valence-electron chi connectivity index (χ3n) is 3.80. The molecule has 0 amide bonds. The van der Waals surface area contributed by atoms with Gasteiger partial charge < -0.3 is 5.32 Å². The molecular weight excluding hydrogens is 282 g/mol. The number of rotatable bonds is 4. The molecule has 2 rings (SSSR count). The van der Waals surface area contributed by atoms with E-state index >= 15 is 0 Å². The zero-order chi connectivity index (χ0) is 11.7. The van der Waals surface area contributed by atoms with Gasteiger partial charge in [0.1, 0.15) is 0 Å². The minimum Gasteiger partial charge on any atom is -0.314 e. The van der Waals surface area contributed by atoms with Crippen molar-refractivity contribution in [2.24, 2.45) is 5.92 Å². The van der Waals surface area contributed by atoms with Crippen LogP contribution in [0.4, 0.5) is 0 Å². The fraction of sp³-hybridized carbons (Fsp3) is 0.692. The molecule has 3 unspecified atom stereocenters. The van der Waals surface area contributed by atoms with Crippen molar-refractivity contribution in [1.29, 1.82) is 0 Å². The Kier molecular flexibility index (Phi) is 4.09. The first kappa shape index (κ1) is 12.6. The van der Waals surface area contributed by atoms with Crippen molar-refractivity contribution < 1.29 is 0 Å². The highest BCUT2D eigenvalue weighted by molar-refractivity contribution is 9.11. The van der Waals surface area contributed by atoms with Gasteiger partial charge in [0.25, 0.3) is 0 Å². The highest BCUT2D eigenvalue weighted by Crippen LogP contribution is 2.47. The second-order valence-corrected chi connectivity index (χ2v) is 7.28. The van der Waals surface area contributed by atoms with E-state index in [1.165, 1.54) is 21.5 Å². The van der Waals surface area contributed by atoms with E-state index in [-0.39, 0.29) is 0 Å². The summed E-state index contributed by atoms with van der Waals surface area (Å²) in [6, 6.07) is 3.08. The summed E-state index contributed by atoms with van der Waals surface area (Å²) in [5, 5.41) is 3.60. The maximum Gasteiger partial charge on any atom is 0.0704 e. The minimum atomic E-state index is 0.748. The lowest BCUT2D eigenvalue weighted by atomic mass is 9.65. The van der Waals surface area contributed by atoms with Crippen molar-refractivity contribution in [3.63, 3.8) is 0 Å². The molecule has 1 saturated carbocycles. The van der Waals surface area contributed by atoms with Crippen LogP contribution >= 0.6 is 27.3 Å². The molecule has 3 atom stereocenters. The van der Waals surface area contributed by atoms with Crippen LogP contribution in [0, 0.1) is 12.8 Å². The Morgan fingerprint density at radius 1 is 1.50 bits per heavy atom. The van der Waals surface area contributed by atoms with Gasteiger partial charge in [0.15, 0.2) is 0 Å². The van der Waals surface area contributed by atoms with Crippen molar-refractivity contribution in [2.45, 2.75) is 45.6 Å². The van der Waals surface area contributed by atoms with E-state index in [0.717, 1.165) is 24.4 Å². The number of aryl methyl sites for hydroxylation is 1. The third-order valence-corrected chi connectivity index (χ3v) is 5.37.